The van der Waals surface area contributed by atoms with E-state index in [0.717, 1.165) is 11.4 Å². The van der Waals surface area contributed by atoms with E-state index < -0.39 is 0 Å². The summed E-state index contributed by atoms with van der Waals surface area (Å²) in [6, 6.07) is 0. The lowest BCUT2D eigenvalue weighted by atomic mass is 10.2. The topological polar surface area (TPSA) is 51.8 Å². The predicted octanol–water partition coefficient (Wildman–Crippen LogP) is 1.81. The zero-order valence-electron chi connectivity index (χ0n) is 7.53. The maximum Gasteiger partial charge on any atom is 0.145 e. The molecule has 2 aliphatic carbocycles. The highest BCUT2D eigenvalue weighted by atomic mass is 14.9. The molecule has 13 heavy (non-hydrogen) atoms. The van der Waals surface area contributed by atoms with Crippen LogP contribution < -0.4 is 5.73 Å². The predicted molar refractivity (Wildman–Crippen MR) is 50.4 cm³/mol. The van der Waals surface area contributed by atoms with Gasteiger partial charge in [-0.1, -0.05) is 0 Å². The third-order valence-corrected chi connectivity index (χ3v) is 2.81. The van der Waals surface area contributed by atoms with Crippen LogP contribution in [0.5, 0.6) is 0 Å². The third kappa shape index (κ3) is 1.28. The highest BCUT2D eigenvalue weighted by Crippen LogP contribution is 2.43. The summed E-state index contributed by atoms with van der Waals surface area (Å²) in [5, 5.41) is 0. The van der Waals surface area contributed by atoms with E-state index in [0.29, 0.717) is 17.7 Å². The number of aromatic nitrogens is 2. The minimum atomic E-state index is 0.612. The number of anilines is 1. The van der Waals surface area contributed by atoms with Gasteiger partial charge >= 0.3 is 0 Å². The van der Waals surface area contributed by atoms with Gasteiger partial charge in [-0.15, -0.1) is 0 Å². The number of hydrogen-bond donors (Lipinski definition) is 1. The quantitative estimate of drug-likeness (QED) is 0.745. The lowest BCUT2D eigenvalue weighted by Crippen LogP contribution is -2.02. The molecule has 2 aliphatic rings. The van der Waals surface area contributed by atoms with Crippen molar-refractivity contribution in [2.75, 3.05) is 5.73 Å². The second kappa shape index (κ2) is 2.44. The molecular weight excluding hydrogens is 162 g/mol. The SMILES string of the molecule is Nc1nc(C2CC2)cnc1C1CC1. The highest BCUT2D eigenvalue weighted by Gasteiger charge is 2.30. The molecule has 0 spiro atoms. The smallest absolute Gasteiger partial charge is 0.145 e. The van der Waals surface area contributed by atoms with Gasteiger partial charge in [0.15, 0.2) is 0 Å². The lowest BCUT2D eigenvalue weighted by molar-refractivity contribution is 0.933. The van der Waals surface area contributed by atoms with E-state index in [2.05, 4.69) is 9.97 Å². The van der Waals surface area contributed by atoms with Crippen molar-refractivity contribution in [1.29, 1.82) is 0 Å². The summed E-state index contributed by atoms with van der Waals surface area (Å²) in [4.78, 5) is 8.83. The minimum absolute atomic E-state index is 0.612. The van der Waals surface area contributed by atoms with Gasteiger partial charge in [-0.2, -0.15) is 0 Å². The summed E-state index contributed by atoms with van der Waals surface area (Å²) in [6.45, 7) is 0. The van der Waals surface area contributed by atoms with Crippen LogP contribution in [0, 0.1) is 0 Å². The number of nitrogen functional groups attached to an aromatic ring is 1. The van der Waals surface area contributed by atoms with E-state index in [-0.39, 0.29) is 0 Å². The van der Waals surface area contributed by atoms with Crippen molar-refractivity contribution >= 4 is 5.82 Å². The third-order valence-electron chi connectivity index (χ3n) is 2.81. The Morgan fingerprint density at radius 2 is 1.85 bits per heavy atom. The normalized spacial score (nSPS) is 21.8. The molecule has 3 rings (SSSR count). The molecule has 0 unspecified atom stereocenters. The fourth-order valence-corrected chi connectivity index (χ4v) is 1.67. The Hall–Kier alpha value is -1.12. The van der Waals surface area contributed by atoms with E-state index in [1.165, 1.54) is 25.7 Å². The molecule has 68 valence electrons. The standard InChI is InChI=1S/C10H13N3/c11-10-9(7-3-4-7)12-5-8(13-10)6-1-2-6/h5-7H,1-4H2,(H2,11,13). The molecule has 0 aromatic carbocycles. The van der Waals surface area contributed by atoms with Crippen LogP contribution in [0.2, 0.25) is 0 Å². The van der Waals surface area contributed by atoms with Gasteiger partial charge in [-0.3, -0.25) is 4.98 Å². The van der Waals surface area contributed by atoms with Crippen LogP contribution in [0.3, 0.4) is 0 Å². The van der Waals surface area contributed by atoms with Crippen molar-refractivity contribution in [1.82, 2.24) is 9.97 Å². The molecule has 0 atom stereocenters. The van der Waals surface area contributed by atoms with Gasteiger partial charge in [-0.25, -0.2) is 4.98 Å². The fourth-order valence-electron chi connectivity index (χ4n) is 1.67. The Morgan fingerprint density at radius 1 is 1.15 bits per heavy atom. The second-order valence-corrected chi connectivity index (χ2v) is 4.11. The van der Waals surface area contributed by atoms with Gasteiger partial charge in [0.1, 0.15) is 5.82 Å². The maximum absolute atomic E-state index is 5.85. The van der Waals surface area contributed by atoms with Gasteiger partial charge in [0.05, 0.1) is 11.4 Å². The molecular formula is C10H13N3. The molecule has 3 heteroatoms. The fraction of sp³-hybridized carbons (Fsp3) is 0.600. The van der Waals surface area contributed by atoms with E-state index in [1.807, 2.05) is 6.20 Å². The van der Waals surface area contributed by atoms with Gasteiger partial charge in [0.25, 0.3) is 0 Å². The molecule has 1 aromatic heterocycles. The molecule has 0 amide bonds. The Balaban J connectivity index is 1.95. The van der Waals surface area contributed by atoms with Crippen LogP contribution in [0.15, 0.2) is 6.20 Å². The van der Waals surface area contributed by atoms with Crippen LogP contribution in [-0.2, 0) is 0 Å². The molecule has 1 heterocycles. The number of nitrogens with zero attached hydrogens (tertiary/aromatic N) is 2. The zero-order valence-corrected chi connectivity index (χ0v) is 7.53. The van der Waals surface area contributed by atoms with Crippen LogP contribution in [-0.4, -0.2) is 9.97 Å². The van der Waals surface area contributed by atoms with E-state index >= 15 is 0 Å². The van der Waals surface area contributed by atoms with Gasteiger partial charge < -0.3 is 5.73 Å². The Labute approximate surface area is 77.4 Å². The summed E-state index contributed by atoms with van der Waals surface area (Å²) in [7, 11) is 0. The summed E-state index contributed by atoms with van der Waals surface area (Å²) < 4.78 is 0. The van der Waals surface area contributed by atoms with Crippen LogP contribution >= 0.6 is 0 Å². The monoisotopic (exact) mass is 175 g/mol. The van der Waals surface area contributed by atoms with Crippen molar-refractivity contribution in [2.24, 2.45) is 0 Å². The van der Waals surface area contributed by atoms with Crippen molar-refractivity contribution < 1.29 is 0 Å². The Morgan fingerprint density at radius 3 is 2.38 bits per heavy atom. The lowest BCUT2D eigenvalue weighted by Gasteiger charge is -2.03. The molecule has 2 fully saturated rings. The summed E-state index contributed by atoms with van der Waals surface area (Å²) >= 11 is 0. The molecule has 0 radical (unpaired) electrons. The molecule has 0 bridgehead atoms. The number of hydrogen-bond acceptors (Lipinski definition) is 3. The number of nitrogens with two attached hydrogens (primary N) is 1. The zero-order chi connectivity index (χ0) is 8.84. The minimum Gasteiger partial charge on any atom is -0.382 e. The summed E-state index contributed by atoms with van der Waals surface area (Å²) in [6.07, 6.45) is 6.92. The summed E-state index contributed by atoms with van der Waals surface area (Å²) in [5.41, 5.74) is 7.99. The van der Waals surface area contributed by atoms with Crippen molar-refractivity contribution in [3.8, 4) is 0 Å². The molecule has 1 aromatic rings. The van der Waals surface area contributed by atoms with Gasteiger partial charge in [0, 0.05) is 18.0 Å². The van der Waals surface area contributed by atoms with Crippen molar-refractivity contribution in [3.63, 3.8) is 0 Å². The van der Waals surface area contributed by atoms with Crippen LogP contribution in [0.4, 0.5) is 5.82 Å². The first kappa shape index (κ1) is 7.30. The first-order chi connectivity index (χ1) is 6.34. The highest BCUT2D eigenvalue weighted by molar-refractivity contribution is 5.40. The first-order valence-corrected chi connectivity index (χ1v) is 4.97. The van der Waals surface area contributed by atoms with E-state index in [9.17, 15) is 0 Å². The molecule has 2 N–H and O–H groups in total. The molecule has 0 aliphatic heterocycles. The van der Waals surface area contributed by atoms with E-state index in [1.54, 1.807) is 0 Å². The number of rotatable bonds is 2. The Bertz CT molecular complexity index is 340. The first-order valence-electron chi connectivity index (χ1n) is 4.97. The maximum atomic E-state index is 5.85. The van der Waals surface area contributed by atoms with Crippen molar-refractivity contribution in [2.45, 2.75) is 37.5 Å². The molecule has 0 saturated heterocycles. The van der Waals surface area contributed by atoms with Crippen LogP contribution in [0.1, 0.15) is 48.9 Å². The van der Waals surface area contributed by atoms with E-state index in [4.69, 9.17) is 5.73 Å². The van der Waals surface area contributed by atoms with Crippen LogP contribution in [0.25, 0.3) is 0 Å². The molecule has 3 nitrogen and oxygen atoms in total. The largest absolute Gasteiger partial charge is 0.382 e. The van der Waals surface area contributed by atoms with Gasteiger partial charge in [0.2, 0.25) is 0 Å². The second-order valence-electron chi connectivity index (χ2n) is 4.11. The average Bonchev–Trinajstić information content (AvgIpc) is 3.00. The van der Waals surface area contributed by atoms with Gasteiger partial charge in [-0.05, 0) is 25.7 Å². The van der Waals surface area contributed by atoms with Crippen molar-refractivity contribution in [3.05, 3.63) is 17.6 Å². The molecule has 2 saturated carbocycles. The Kier molecular flexibility index (Phi) is 1.37. The average molecular weight is 175 g/mol. The summed E-state index contributed by atoms with van der Waals surface area (Å²) in [5.74, 6) is 1.94.